The number of Topliss-reactive ketones (excluding diaryl/α,β-unsaturated/α-hetero) is 1. The van der Waals surface area contributed by atoms with Gasteiger partial charge in [-0.2, -0.15) is 0 Å². The lowest BCUT2D eigenvalue weighted by Crippen LogP contribution is -2.63. The summed E-state index contributed by atoms with van der Waals surface area (Å²) in [5.74, 6) is -2.56. The summed E-state index contributed by atoms with van der Waals surface area (Å²) in [6.45, 7) is 5.87. The zero-order valence-corrected chi connectivity index (χ0v) is 25.4. The van der Waals surface area contributed by atoms with Gasteiger partial charge in [-0.25, -0.2) is 0 Å². The van der Waals surface area contributed by atoms with Crippen molar-refractivity contribution in [3.63, 3.8) is 0 Å². The minimum Gasteiger partial charge on any atom is -0.507 e. The second-order valence-electron chi connectivity index (χ2n) is 10.3. The van der Waals surface area contributed by atoms with Crippen molar-refractivity contribution in [1.82, 2.24) is 0 Å². The summed E-state index contributed by atoms with van der Waals surface area (Å²) >= 11 is 0. The van der Waals surface area contributed by atoms with Crippen LogP contribution in [0.15, 0.2) is 30.3 Å². The number of phenolic OH excluding ortho intramolecular Hbond substituents is 1. The van der Waals surface area contributed by atoms with Gasteiger partial charge in [0.15, 0.2) is 29.5 Å². The number of aromatic hydroxyl groups is 1. The maximum Gasteiger partial charge on any atom is 0.303 e. The highest BCUT2D eigenvalue weighted by Crippen LogP contribution is 2.37. The van der Waals surface area contributed by atoms with Crippen LogP contribution in [0, 0.1) is 0 Å². The topological polar surface area (TPSA) is 179 Å². The minimum atomic E-state index is -1.51. The lowest BCUT2D eigenvalue weighted by atomic mass is 9.97. The third kappa shape index (κ3) is 8.01. The van der Waals surface area contributed by atoms with Crippen LogP contribution in [0.1, 0.15) is 56.1 Å². The predicted octanol–water partition coefficient (Wildman–Crippen LogP) is 2.57. The lowest BCUT2D eigenvalue weighted by molar-refractivity contribution is -0.288. The molecule has 242 valence electrons. The molecule has 0 aliphatic carbocycles. The van der Waals surface area contributed by atoms with Gasteiger partial charge in [0.25, 0.3) is 0 Å². The molecule has 14 nitrogen and oxygen atoms in total. The Labute approximate surface area is 258 Å². The zero-order valence-electron chi connectivity index (χ0n) is 25.4. The summed E-state index contributed by atoms with van der Waals surface area (Å²) in [6, 6.07) is 7.95. The molecule has 2 heterocycles. The van der Waals surface area contributed by atoms with Crippen molar-refractivity contribution in [2.75, 3.05) is 13.4 Å². The molecule has 0 aromatic heterocycles. The second kappa shape index (κ2) is 14.3. The van der Waals surface area contributed by atoms with E-state index in [2.05, 4.69) is 0 Å². The van der Waals surface area contributed by atoms with Crippen LogP contribution >= 0.6 is 0 Å². The van der Waals surface area contributed by atoms with E-state index in [0.717, 1.165) is 27.7 Å². The Hall–Kier alpha value is -4.85. The second-order valence-corrected chi connectivity index (χ2v) is 10.3. The lowest BCUT2D eigenvalue weighted by Gasteiger charge is -2.44. The molecule has 2 aliphatic rings. The van der Waals surface area contributed by atoms with E-state index < -0.39 is 61.2 Å². The Morgan fingerprint density at radius 2 is 1.47 bits per heavy atom. The van der Waals surface area contributed by atoms with Crippen molar-refractivity contribution in [1.29, 1.82) is 0 Å². The zero-order chi connectivity index (χ0) is 32.8. The Morgan fingerprint density at radius 3 is 2.11 bits per heavy atom. The maximum absolute atomic E-state index is 13.2. The van der Waals surface area contributed by atoms with E-state index in [1.54, 1.807) is 25.1 Å². The van der Waals surface area contributed by atoms with E-state index in [-0.39, 0.29) is 48.0 Å². The minimum absolute atomic E-state index is 0.0345. The van der Waals surface area contributed by atoms with E-state index in [1.165, 1.54) is 12.1 Å². The molecule has 0 amide bonds. The van der Waals surface area contributed by atoms with Gasteiger partial charge < -0.3 is 43.0 Å². The quantitative estimate of drug-likeness (QED) is 0.217. The molecule has 0 unspecified atom stereocenters. The first-order valence-corrected chi connectivity index (χ1v) is 14.1. The smallest absolute Gasteiger partial charge is 0.303 e. The summed E-state index contributed by atoms with van der Waals surface area (Å²) in [4.78, 5) is 61.0. The number of hydrogen-bond donors (Lipinski definition) is 1. The van der Waals surface area contributed by atoms with Crippen LogP contribution < -0.4 is 14.2 Å². The van der Waals surface area contributed by atoms with Crippen molar-refractivity contribution in [3.05, 3.63) is 47.0 Å². The highest BCUT2D eigenvalue weighted by atomic mass is 16.7. The summed E-state index contributed by atoms with van der Waals surface area (Å²) in [5.41, 5.74) is 0.928. The number of phenols is 1. The standard InChI is InChI=1S/C31H34O14/c1-6-20-23(10-8-21(27(20)37)22(36)11-19-7-9-24-25(12-19)40-14-39-24)44-31-30(43-18(5)35)29(42-17(4)34)28(41-16(3)33)26(45-31)13-38-15(2)32/h7-10,12,26,28-31,37H,6,11,13-14H2,1-5H3/t26-,28-,29+,30-,31-/m0/s1. The summed E-state index contributed by atoms with van der Waals surface area (Å²) in [6.07, 6.45) is -6.82. The molecule has 2 aromatic carbocycles. The average molecular weight is 631 g/mol. The molecule has 5 atom stereocenters. The largest absolute Gasteiger partial charge is 0.507 e. The number of carbonyl (C=O) groups is 5. The molecule has 2 aliphatic heterocycles. The number of carbonyl (C=O) groups excluding carboxylic acids is 5. The van der Waals surface area contributed by atoms with Gasteiger partial charge in [0.2, 0.25) is 19.2 Å². The number of rotatable bonds is 11. The fraction of sp³-hybridized carbons (Fsp3) is 0.452. The SMILES string of the molecule is CCc1c(O[C@H]2O[C@@H](COC(C)=O)[C@H](OC(C)=O)[C@@H](OC(C)=O)[C@@H]2OC(C)=O)ccc(C(=O)Cc2ccc3c(c2)OCO3)c1O. The van der Waals surface area contributed by atoms with Crippen molar-refractivity contribution in [2.24, 2.45) is 0 Å². The molecule has 0 saturated carbocycles. The first-order valence-electron chi connectivity index (χ1n) is 14.1. The number of hydrogen-bond acceptors (Lipinski definition) is 14. The normalized spacial score (nSPS) is 21.8. The number of esters is 4. The predicted molar refractivity (Wildman–Crippen MR) is 151 cm³/mol. The van der Waals surface area contributed by atoms with Crippen LogP contribution in [0.2, 0.25) is 0 Å². The molecular weight excluding hydrogens is 596 g/mol. The molecule has 0 radical (unpaired) electrons. The monoisotopic (exact) mass is 630 g/mol. The first-order chi connectivity index (χ1) is 21.4. The molecule has 2 aromatic rings. The van der Waals surface area contributed by atoms with E-state index in [9.17, 15) is 29.1 Å². The third-order valence-electron chi connectivity index (χ3n) is 6.89. The van der Waals surface area contributed by atoms with Gasteiger partial charge >= 0.3 is 23.9 Å². The number of ether oxygens (including phenoxy) is 8. The van der Waals surface area contributed by atoms with Crippen LogP contribution in [-0.4, -0.2) is 78.9 Å². The highest BCUT2D eigenvalue weighted by Gasteiger charge is 2.53. The number of ketones is 1. The van der Waals surface area contributed by atoms with Gasteiger partial charge in [-0.05, 0) is 36.2 Å². The molecule has 0 bridgehead atoms. The van der Waals surface area contributed by atoms with E-state index in [4.69, 9.17) is 37.9 Å². The van der Waals surface area contributed by atoms with Gasteiger partial charge in [-0.3, -0.25) is 24.0 Å². The van der Waals surface area contributed by atoms with Crippen molar-refractivity contribution in [3.8, 4) is 23.0 Å². The van der Waals surface area contributed by atoms with Crippen LogP contribution in [0.25, 0.3) is 0 Å². The van der Waals surface area contributed by atoms with Gasteiger partial charge in [-0.15, -0.1) is 0 Å². The van der Waals surface area contributed by atoms with Crippen LogP contribution in [0.5, 0.6) is 23.0 Å². The van der Waals surface area contributed by atoms with Crippen LogP contribution in [0.4, 0.5) is 0 Å². The van der Waals surface area contributed by atoms with Crippen molar-refractivity contribution < 1.29 is 67.0 Å². The highest BCUT2D eigenvalue weighted by molar-refractivity contribution is 6.00. The van der Waals surface area contributed by atoms with E-state index >= 15 is 0 Å². The van der Waals surface area contributed by atoms with Gasteiger partial charge in [0.1, 0.15) is 24.2 Å². The molecule has 14 heteroatoms. The van der Waals surface area contributed by atoms with Crippen molar-refractivity contribution in [2.45, 2.75) is 78.2 Å². The summed E-state index contributed by atoms with van der Waals surface area (Å²) in [7, 11) is 0. The Bertz CT molecular complexity index is 1470. The fourth-order valence-electron chi connectivity index (χ4n) is 5.04. The van der Waals surface area contributed by atoms with Crippen LogP contribution in [0.3, 0.4) is 0 Å². The Kier molecular flexibility index (Phi) is 10.5. The molecule has 1 fully saturated rings. The molecule has 45 heavy (non-hydrogen) atoms. The van der Waals surface area contributed by atoms with Gasteiger partial charge in [0.05, 0.1) is 5.56 Å². The number of benzene rings is 2. The molecule has 0 spiro atoms. The average Bonchev–Trinajstić information content (AvgIpc) is 3.42. The number of fused-ring (bicyclic) bond motifs is 1. The molecule has 1 saturated heterocycles. The Balaban J connectivity index is 1.65. The van der Waals surface area contributed by atoms with Gasteiger partial charge in [0, 0.05) is 39.7 Å². The van der Waals surface area contributed by atoms with Crippen molar-refractivity contribution >= 4 is 29.7 Å². The van der Waals surface area contributed by atoms with E-state index in [1.807, 2.05) is 0 Å². The fourth-order valence-corrected chi connectivity index (χ4v) is 5.04. The molecule has 4 rings (SSSR count). The molecular formula is C31H34O14. The Morgan fingerprint density at radius 1 is 0.822 bits per heavy atom. The van der Waals surface area contributed by atoms with Gasteiger partial charge in [-0.1, -0.05) is 13.0 Å². The molecule has 1 N–H and O–H groups in total. The maximum atomic E-state index is 13.2. The summed E-state index contributed by atoms with van der Waals surface area (Å²) in [5, 5.41) is 11.2. The summed E-state index contributed by atoms with van der Waals surface area (Å²) < 4.78 is 44.1. The van der Waals surface area contributed by atoms with E-state index in [0.29, 0.717) is 17.1 Å². The van der Waals surface area contributed by atoms with Crippen LogP contribution in [-0.2, 0) is 55.7 Å². The third-order valence-corrected chi connectivity index (χ3v) is 6.89. The first kappa shape index (κ1) is 33.1.